The maximum atomic E-state index is 13.6. The number of carboxylic acid groups (broad SMARTS) is 1. The summed E-state index contributed by atoms with van der Waals surface area (Å²) in [6.45, 7) is 2.20. The second-order valence-corrected chi connectivity index (χ2v) is 13.1. The lowest BCUT2D eigenvalue weighted by molar-refractivity contribution is 0.131. The number of benzene rings is 2. The first-order valence-electron chi connectivity index (χ1n) is 11.6. The van der Waals surface area contributed by atoms with E-state index in [0.29, 0.717) is 24.0 Å². The number of fused-ring (bicyclic) bond motifs is 4. The Hall–Kier alpha value is -2.43. The van der Waals surface area contributed by atoms with Crippen molar-refractivity contribution in [1.29, 1.82) is 0 Å². The summed E-state index contributed by atoms with van der Waals surface area (Å²) in [5.41, 5.74) is 1.62. The van der Waals surface area contributed by atoms with E-state index in [1.54, 1.807) is 25.1 Å². The number of sulfonamides is 1. The van der Waals surface area contributed by atoms with Gasteiger partial charge in [-0.3, -0.25) is 0 Å². The van der Waals surface area contributed by atoms with Crippen molar-refractivity contribution >= 4 is 26.0 Å². The van der Waals surface area contributed by atoms with E-state index in [-0.39, 0.29) is 27.8 Å². The van der Waals surface area contributed by atoms with Gasteiger partial charge in [0.2, 0.25) is 19.9 Å². The van der Waals surface area contributed by atoms with Crippen molar-refractivity contribution in [2.24, 2.45) is 0 Å². The van der Waals surface area contributed by atoms with Crippen molar-refractivity contribution in [1.82, 2.24) is 9.62 Å². The first kappa shape index (κ1) is 23.3. The normalized spacial score (nSPS) is 21.3. The fourth-order valence-electron chi connectivity index (χ4n) is 5.90. The fraction of sp³-hybridized carbons (Fsp3) is 0.458. The molecule has 1 spiro atoms. The zero-order valence-electron chi connectivity index (χ0n) is 19.0. The highest BCUT2D eigenvalue weighted by molar-refractivity contribution is 7.92. The summed E-state index contributed by atoms with van der Waals surface area (Å²) < 4.78 is 56.7. The third-order valence-electron chi connectivity index (χ3n) is 7.61. The lowest BCUT2D eigenvalue weighted by Crippen LogP contribution is -2.46. The second-order valence-electron chi connectivity index (χ2n) is 9.57. The molecule has 8 nitrogen and oxygen atoms in total. The average molecular weight is 505 g/mol. The van der Waals surface area contributed by atoms with Gasteiger partial charge in [-0.1, -0.05) is 37.1 Å². The Kier molecular flexibility index (Phi) is 5.53. The van der Waals surface area contributed by atoms with Gasteiger partial charge in [-0.05, 0) is 61.4 Å². The van der Waals surface area contributed by atoms with Crippen molar-refractivity contribution < 1.29 is 26.7 Å². The van der Waals surface area contributed by atoms with Gasteiger partial charge in [0.05, 0.1) is 14.7 Å². The molecule has 5 rings (SSSR count). The SMILES string of the molecule is Cc1cc2c(cc1S(=O)(=O)NC1CCN(C(=O)O)CC1)S(=O)(=O)c1ccccc1C21CCCC1. The molecule has 1 saturated carbocycles. The van der Waals surface area contributed by atoms with Crippen LogP contribution in [-0.2, 0) is 25.3 Å². The highest BCUT2D eigenvalue weighted by Crippen LogP contribution is 2.54. The number of likely N-dealkylation sites (tertiary alicyclic amines) is 1. The molecule has 1 aliphatic carbocycles. The van der Waals surface area contributed by atoms with Gasteiger partial charge in [-0.2, -0.15) is 0 Å². The van der Waals surface area contributed by atoms with Crippen LogP contribution in [0, 0.1) is 6.92 Å². The van der Waals surface area contributed by atoms with E-state index in [1.165, 1.54) is 11.0 Å². The quantitative estimate of drug-likeness (QED) is 0.661. The molecular weight excluding hydrogens is 476 g/mol. The van der Waals surface area contributed by atoms with Crippen LogP contribution < -0.4 is 4.72 Å². The van der Waals surface area contributed by atoms with Gasteiger partial charge in [0.1, 0.15) is 0 Å². The number of hydrogen-bond donors (Lipinski definition) is 2. The fourth-order valence-corrected chi connectivity index (χ4v) is 9.40. The average Bonchev–Trinajstić information content (AvgIpc) is 3.29. The molecule has 10 heteroatoms. The molecular formula is C24H28N2O6S2. The zero-order chi connectivity index (χ0) is 24.3. The third-order valence-corrected chi connectivity index (χ3v) is 11.1. The van der Waals surface area contributed by atoms with E-state index in [2.05, 4.69) is 4.72 Å². The molecule has 34 heavy (non-hydrogen) atoms. The molecule has 1 saturated heterocycles. The molecule has 0 bridgehead atoms. The standard InChI is InChI=1S/C24H28N2O6S2/c1-16-14-19-22(15-21(16)34(31,32)25-17-8-12-26(13-9-17)23(27)28)33(29,30)20-7-3-2-6-18(20)24(19)10-4-5-11-24/h2-3,6-7,14-15,17,25H,4-5,8-13H2,1H3,(H,27,28). The van der Waals surface area contributed by atoms with Crippen LogP contribution >= 0.6 is 0 Å². The van der Waals surface area contributed by atoms with Gasteiger partial charge in [0.15, 0.2) is 0 Å². The summed E-state index contributed by atoms with van der Waals surface area (Å²) in [5.74, 6) is 0. The molecule has 2 heterocycles. The summed E-state index contributed by atoms with van der Waals surface area (Å²) in [5, 5.41) is 9.12. The molecule has 0 unspecified atom stereocenters. The van der Waals surface area contributed by atoms with E-state index in [9.17, 15) is 21.6 Å². The Morgan fingerprint density at radius 2 is 1.71 bits per heavy atom. The van der Waals surface area contributed by atoms with Crippen LogP contribution in [0.5, 0.6) is 0 Å². The summed E-state index contributed by atoms with van der Waals surface area (Å²) in [4.78, 5) is 12.7. The minimum atomic E-state index is -4.00. The molecule has 2 aromatic carbocycles. The molecule has 0 radical (unpaired) electrons. The van der Waals surface area contributed by atoms with Gasteiger partial charge < -0.3 is 10.0 Å². The minimum absolute atomic E-state index is 0.0389. The van der Waals surface area contributed by atoms with E-state index >= 15 is 0 Å². The zero-order valence-corrected chi connectivity index (χ0v) is 20.6. The molecule has 0 atom stereocenters. The van der Waals surface area contributed by atoms with Crippen molar-refractivity contribution in [3.05, 3.63) is 53.1 Å². The Morgan fingerprint density at radius 3 is 2.35 bits per heavy atom. The molecule has 182 valence electrons. The molecule has 2 aliphatic heterocycles. The number of sulfone groups is 1. The largest absolute Gasteiger partial charge is 0.465 e. The van der Waals surface area contributed by atoms with Gasteiger partial charge >= 0.3 is 6.09 Å². The van der Waals surface area contributed by atoms with Gasteiger partial charge in [0.25, 0.3) is 0 Å². The van der Waals surface area contributed by atoms with Crippen molar-refractivity contribution in [2.45, 2.75) is 71.6 Å². The minimum Gasteiger partial charge on any atom is -0.465 e. The highest BCUT2D eigenvalue weighted by atomic mass is 32.2. The van der Waals surface area contributed by atoms with Crippen molar-refractivity contribution in [2.75, 3.05) is 13.1 Å². The van der Waals surface area contributed by atoms with Crippen LogP contribution in [0.2, 0.25) is 0 Å². The number of amides is 1. The van der Waals surface area contributed by atoms with Crippen LogP contribution in [0.25, 0.3) is 0 Å². The van der Waals surface area contributed by atoms with Crippen LogP contribution in [-0.4, -0.2) is 52.1 Å². The monoisotopic (exact) mass is 504 g/mol. The van der Waals surface area contributed by atoms with E-state index in [0.717, 1.165) is 31.2 Å². The van der Waals surface area contributed by atoms with Gasteiger partial charge in [-0.25, -0.2) is 26.4 Å². The number of nitrogens with zero attached hydrogens (tertiary/aromatic N) is 1. The highest BCUT2D eigenvalue weighted by Gasteiger charge is 2.48. The first-order valence-corrected chi connectivity index (χ1v) is 14.5. The Labute approximate surface area is 200 Å². The molecule has 1 amide bonds. The van der Waals surface area contributed by atoms with Crippen LogP contribution in [0.15, 0.2) is 51.1 Å². The Balaban J connectivity index is 1.57. The van der Waals surface area contributed by atoms with Crippen LogP contribution in [0.3, 0.4) is 0 Å². The number of hydrogen-bond acceptors (Lipinski definition) is 5. The van der Waals surface area contributed by atoms with Gasteiger partial charge in [-0.15, -0.1) is 0 Å². The van der Waals surface area contributed by atoms with Crippen molar-refractivity contribution in [3.63, 3.8) is 0 Å². The molecule has 2 N–H and O–H groups in total. The number of piperidine rings is 1. The maximum absolute atomic E-state index is 13.6. The summed E-state index contributed by atoms with van der Waals surface area (Å²) in [7, 11) is -7.88. The molecule has 2 fully saturated rings. The third kappa shape index (κ3) is 3.54. The Bertz CT molecular complexity index is 1370. The maximum Gasteiger partial charge on any atom is 0.407 e. The van der Waals surface area contributed by atoms with Crippen LogP contribution in [0.1, 0.15) is 55.2 Å². The smallest absolute Gasteiger partial charge is 0.407 e. The first-order chi connectivity index (χ1) is 16.1. The van der Waals surface area contributed by atoms with Crippen LogP contribution in [0.4, 0.5) is 4.79 Å². The second kappa shape index (κ2) is 8.07. The summed E-state index contributed by atoms with van der Waals surface area (Å²) in [6, 6.07) is 9.78. The predicted octanol–water partition coefficient (Wildman–Crippen LogP) is 3.42. The van der Waals surface area contributed by atoms with E-state index in [1.807, 2.05) is 12.1 Å². The van der Waals surface area contributed by atoms with Gasteiger partial charge in [0, 0.05) is 24.5 Å². The van der Waals surface area contributed by atoms with Crippen molar-refractivity contribution in [3.8, 4) is 0 Å². The topological polar surface area (TPSA) is 121 Å². The predicted molar refractivity (Wildman–Crippen MR) is 125 cm³/mol. The number of aryl methyl sites for hydroxylation is 1. The molecule has 3 aliphatic rings. The van der Waals surface area contributed by atoms with E-state index < -0.39 is 37.4 Å². The molecule has 0 aromatic heterocycles. The summed E-state index contributed by atoms with van der Waals surface area (Å²) >= 11 is 0. The number of carbonyl (C=O) groups is 1. The number of rotatable bonds is 3. The summed E-state index contributed by atoms with van der Waals surface area (Å²) in [6.07, 6.45) is 3.36. The molecule has 2 aromatic rings. The Morgan fingerprint density at radius 1 is 1.06 bits per heavy atom. The lowest BCUT2D eigenvalue weighted by Gasteiger charge is -2.38. The number of nitrogens with one attached hydrogen (secondary N) is 1. The van der Waals surface area contributed by atoms with E-state index in [4.69, 9.17) is 5.11 Å². The lowest BCUT2D eigenvalue weighted by atomic mass is 9.72.